The summed E-state index contributed by atoms with van der Waals surface area (Å²) in [6.07, 6.45) is 1.79. The van der Waals surface area contributed by atoms with Crippen LogP contribution in [0, 0.1) is 5.92 Å². The van der Waals surface area contributed by atoms with Gasteiger partial charge in [0.05, 0.1) is 30.2 Å². The average molecular weight is 522 g/mol. The molecule has 0 saturated carbocycles. The molecule has 0 bridgehead atoms. The second-order valence-electron chi connectivity index (χ2n) is 8.18. The number of hydrogen-bond donors (Lipinski definition) is 1. The van der Waals surface area contributed by atoms with E-state index in [4.69, 9.17) is 16.3 Å². The number of carboxylic acids is 1. The largest absolute Gasteiger partial charge is 0.481 e. The topological polar surface area (TPSA) is 92.6 Å². The van der Waals surface area contributed by atoms with Crippen molar-refractivity contribution in [1.82, 2.24) is 9.97 Å². The summed E-state index contributed by atoms with van der Waals surface area (Å²) in [6.45, 7) is 0. The van der Waals surface area contributed by atoms with E-state index >= 15 is 0 Å². The highest BCUT2D eigenvalue weighted by Gasteiger charge is 2.27. The van der Waals surface area contributed by atoms with Crippen molar-refractivity contribution in [2.75, 3.05) is 19.1 Å². The fourth-order valence-corrected chi connectivity index (χ4v) is 4.85. The van der Waals surface area contributed by atoms with Crippen LogP contribution in [0.3, 0.4) is 0 Å². The number of hydrogen-bond acceptors (Lipinski definition) is 6. The average Bonchev–Trinajstić information content (AvgIpc) is 3.38. The Morgan fingerprint density at radius 3 is 2.53 bits per heavy atom. The number of rotatable bonds is 9. The number of aliphatic carboxylic acids is 1. The number of aromatic nitrogens is 2. The quantitative estimate of drug-likeness (QED) is 0.298. The molecule has 2 aromatic heterocycles. The van der Waals surface area contributed by atoms with E-state index in [-0.39, 0.29) is 12.3 Å². The molecule has 9 heteroatoms. The first kappa shape index (κ1) is 25.3. The van der Waals surface area contributed by atoms with E-state index in [0.717, 1.165) is 22.3 Å². The lowest BCUT2D eigenvalue weighted by Gasteiger charge is -2.21. The summed E-state index contributed by atoms with van der Waals surface area (Å²) < 4.78 is 5.13. The summed E-state index contributed by atoms with van der Waals surface area (Å²) in [5.74, 6) is -1.50. The molecule has 0 aliphatic rings. The van der Waals surface area contributed by atoms with Gasteiger partial charge < -0.3 is 9.84 Å². The van der Waals surface area contributed by atoms with Gasteiger partial charge in [0, 0.05) is 35.8 Å². The van der Waals surface area contributed by atoms with Gasteiger partial charge in [-0.1, -0.05) is 48.0 Å². The van der Waals surface area contributed by atoms with Gasteiger partial charge in [-0.15, -0.1) is 11.3 Å². The van der Waals surface area contributed by atoms with E-state index in [1.165, 1.54) is 16.2 Å². The van der Waals surface area contributed by atoms with Crippen LogP contribution in [0.15, 0.2) is 72.2 Å². The summed E-state index contributed by atoms with van der Waals surface area (Å²) >= 11 is 7.80. The first-order valence-corrected chi connectivity index (χ1v) is 12.4. The zero-order valence-electron chi connectivity index (χ0n) is 19.7. The maximum absolute atomic E-state index is 13.3. The van der Waals surface area contributed by atoms with Gasteiger partial charge >= 0.3 is 5.97 Å². The van der Waals surface area contributed by atoms with Crippen LogP contribution in [0.25, 0.3) is 22.4 Å². The predicted octanol–water partition coefficient (Wildman–Crippen LogP) is 5.83. The molecule has 184 valence electrons. The van der Waals surface area contributed by atoms with Gasteiger partial charge in [-0.05, 0) is 35.7 Å². The third-order valence-corrected chi connectivity index (χ3v) is 6.97. The van der Waals surface area contributed by atoms with Crippen LogP contribution < -0.4 is 9.64 Å². The Morgan fingerprint density at radius 1 is 1.11 bits per heavy atom. The summed E-state index contributed by atoms with van der Waals surface area (Å²) in [5.41, 5.74) is 4.06. The highest BCUT2D eigenvalue weighted by Crippen LogP contribution is 2.35. The lowest BCUT2D eigenvalue weighted by atomic mass is 9.95. The Morgan fingerprint density at radius 2 is 1.86 bits per heavy atom. The molecule has 1 amide bonds. The van der Waals surface area contributed by atoms with Crippen molar-refractivity contribution < 1.29 is 19.4 Å². The summed E-state index contributed by atoms with van der Waals surface area (Å²) in [7, 11) is 3.18. The van der Waals surface area contributed by atoms with Gasteiger partial charge in [0.25, 0.3) is 0 Å². The molecule has 4 rings (SSSR count). The molecule has 4 aromatic rings. The predicted molar refractivity (Wildman–Crippen MR) is 142 cm³/mol. The van der Waals surface area contributed by atoms with Gasteiger partial charge in [0.2, 0.25) is 11.8 Å². The first-order valence-electron chi connectivity index (χ1n) is 11.1. The van der Waals surface area contributed by atoms with E-state index in [9.17, 15) is 14.7 Å². The second-order valence-corrected chi connectivity index (χ2v) is 9.42. The third-order valence-electron chi connectivity index (χ3n) is 5.73. The molecule has 2 aromatic carbocycles. The smallest absolute Gasteiger partial charge is 0.304 e. The number of benzene rings is 2. The van der Waals surface area contributed by atoms with Gasteiger partial charge in [0.15, 0.2) is 5.13 Å². The van der Waals surface area contributed by atoms with Gasteiger partial charge in [-0.2, -0.15) is 0 Å². The third kappa shape index (κ3) is 5.90. The van der Waals surface area contributed by atoms with Gasteiger partial charge in [-0.3, -0.25) is 14.5 Å². The standard InChI is InChI=1S/C27H24ClN3O4S/c1-31(26(34)20(14-25(32)33)12-17-6-4-3-5-7-17)27-30-23(16-36-27)21-13-18(8-10-22(21)28)19-9-11-24(35-2)29-15-19/h3-11,13,15-16,20H,12,14H2,1-2H3,(H,32,33). The number of methoxy groups -OCH3 is 1. The number of anilines is 1. The molecule has 1 unspecified atom stereocenters. The second kappa shape index (κ2) is 11.3. The number of amides is 1. The number of carboxylic acid groups (broad SMARTS) is 1. The number of ether oxygens (including phenoxy) is 1. The molecule has 1 atom stereocenters. The van der Waals surface area contributed by atoms with Crippen molar-refractivity contribution in [3.63, 3.8) is 0 Å². The van der Waals surface area contributed by atoms with Crippen LogP contribution in [-0.4, -0.2) is 41.1 Å². The molecule has 0 fully saturated rings. The monoisotopic (exact) mass is 521 g/mol. The van der Waals surface area contributed by atoms with E-state index in [1.54, 1.807) is 32.5 Å². The maximum atomic E-state index is 13.3. The zero-order chi connectivity index (χ0) is 25.7. The fraction of sp³-hybridized carbons (Fsp3) is 0.185. The Hall–Kier alpha value is -3.75. The molecule has 0 aliphatic heterocycles. The Bertz CT molecular complexity index is 1360. The number of carbonyl (C=O) groups excluding carboxylic acids is 1. The van der Waals surface area contributed by atoms with Crippen molar-refractivity contribution in [3.05, 3.63) is 82.8 Å². The van der Waals surface area contributed by atoms with E-state index in [0.29, 0.717) is 28.1 Å². The summed E-state index contributed by atoms with van der Waals surface area (Å²) in [4.78, 5) is 35.1. The fourth-order valence-electron chi connectivity index (χ4n) is 3.84. The van der Waals surface area contributed by atoms with Crippen molar-refractivity contribution in [2.45, 2.75) is 12.8 Å². The first-order chi connectivity index (χ1) is 17.4. The van der Waals surface area contributed by atoms with Crippen molar-refractivity contribution >= 4 is 39.9 Å². The number of pyridine rings is 1. The Labute approximate surface area is 218 Å². The molecular weight excluding hydrogens is 498 g/mol. The van der Waals surface area contributed by atoms with Crippen LogP contribution >= 0.6 is 22.9 Å². The van der Waals surface area contributed by atoms with Crippen LogP contribution in [0.4, 0.5) is 5.13 Å². The molecule has 7 nitrogen and oxygen atoms in total. The van der Waals surface area contributed by atoms with Crippen LogP contribution in [-0.2, 0) is 16.0 Å². The highest BCUT2D eigenvalue weighted by molar-refractivity contribution is 7.14. The molecule has 0 radical (unpaired) electrons. The van der Waals surface area contributed by atoms with E-state index < -0.39 is 11.9 Å². The molecule has 0 saturated heterocycles. The number of carbonyl (C=O) groups is 2. The zero-order valence-corrected chi connectivity index (χ0v) is 21.3. The minimum atomic E-state index is -1.02. The Balaban J connectivity index is 1.57. The number of nitrogens with zero attached hydrogens (tertiary/aromatic N) is 3. The van der Waals surface area contributed by atoms with Crippen molar-refractivity contribution in [3.8, 4) is 28.3 Å². The van der Waals surface area contributed by atoms with E-state index in [1.807, 2.05) is 53.9 Å². The summed E-state index contributed by atoms with van der Waals surface area (Å²) in [5, 5.41) is 12.2. The van der Waals surface area contributed by atoms with Crippen molar-refractivity contribution in [2.24, 2.45) is 5.92 Å². The number of halogens is 1. The van der Waals surface area contributed by atoms with Crippen LogP contribution in [0.5, 0.6) is 5.88 Å². The molecule has 0 aliphatic carbocycles. The SMILES string of the molecule is COc1ccc(-c2ccc(Cl)c(-c3csc(N(C)C(=O)C(CC(=O)O)Cc4ccccc4)n3)c2)cn1. The lowest BCUT2D eigenvalue weighted by Crippen LogP contribution is -2.35. The number of thiazole rings is 1. The van der Waals surface area contributed by atoms with E-state index in [2.05, 4.69) is 9.97 Å². The van der Waals surface area contributed by atoms with Crippen molar-refractivity contribution in [1.29, 1.82) is 0 Å². The maximum Gasteiger partial charge on any atom is 0.304 e. The molecule has 2 heterocycles. The van der Waals surface area contributed by atoms with Gasteiger partial charge in [0.1, 0.15) is 0 Å². The molecular formula is C27H24ClN3O4S. The molecule has 36 heavy (non-hydrogen) atoms. The van der Waals surface area contributed by atoms with Crippen LogP contribution in [0.2, 0.25) is 5.02 Å². The highest BCUT2D eigenvalue weighted by atomic mass is 35.5. The Kier molecular flexibility index (Phi) is 7.97. The lowest BCUT2D eigenvalue weighted by molar-refractivity contribution is -0.140. The van der Waals surface area contributed by atoms with Gasteiger partial charge in [-0.25, -0.2) is 9.97 Å². The normalized spacial score (nSPS) is 11.6. The molecule has 0 spiro atoms. The van der Waals surface area contributed by atoms with Crippen LogP contribution in [0.1, 0.15) is 12.0 Å². The minimum absolute atomic E-state index is 0.264. The molecule has 1 N–H and O–H groups in total. The minimum Gasteiger partial charge on any atom is -0.481 e. The summed E-state index contributed by atoms with van der Waals surface area (Å²) in [6, 6.07) is 18.7.